The second-order valence-corrected chi connectivity index (χ2v) is 8.39. The summed E-state index contributed by atoms with van der Waals surface area (Å²) in [5.41, 5.74) is 2.71. The molecular formula is C26H27BrN2O2S. The first-order chi connectivity index (χ1) is 15.1. The van der Waals surface area contributed by atoms with Crippen molar-refractivity contribution in [3.8, 4) is 5.75 Å². The van der Waals surface area contributed by atoms with E-state index < -0.39 is 5.72 Å². The lowest BCUT2D eigenvalue weighted by Gasteiger charge is -2.20. The van der Waals surface area contributed by atoms with Crippen molar-refractivity contribution < 1.29 is 31.4 Å². The zero-order valence-electron chi connectivity index (χ0n) is 18.2. The molecule has 4 nitrogen and oxygen atoms in total. The molecule has 0 spiro atoms. The number of thioether (sulfide) groups is 1. The lowest BCUT2D eigenvalue weighted by Crippen LogP contribution is -3.00. The van der Waals surface area contributed by atoms with Crippen molar-refractivity contribution in [1.29, 1.82) is 0 Å². The number of ether oxygens (including phenoxy) is 1. The van der Waals surface area contributed by atoms with Gasteiger partial charge < -0.3 is 32.1 Å². The van der Waals surface area contributed by atoms with Crippen LogP contribution in [0.3, 0.4) is 0 Å². The van der Waals surface area contributed by atoms with Gasteiger partial charge in [0.25, 0.3) is 0 Å². The highest BCUT2D eigenvalue weighted by molar-refractivity contribution is 8.14. The van der Waals surface area contributed by atoms with E-state index in [4.69, 9.17) is 4.74 Å². The number of nitrogens with zero attached hydrogens (tertiary/aromatic N) is 1. The van der Waals surface area contributed by atoms with Crippen LogP contribution in [0, 0.1) is 0 Å². The Morgan fingerprint density at radius 1 is 1.03 bits per heavy atom. The Hall–Kier alpha value is -2.54. The molecule has 32 heavy (non-hydrogen) atoms. The van der Waals surface area contributed by atoms with Crippen LogP contribution in [0.5, 0.6) is 5.75 Å². The molecule has 1 aliphatic rings. The highest BCUT2D eigenvalue weighted by atomic mass is 79.9. The molecule has 0 bridgehead atoms. The average molecular weight is 511 g/mol. The molecule has 1 aliphatic heterocycles. The van der Waals surface area contributed by atoms with Crippen molar-refractivity contribution in [2.24, 2.45) is 0 Å². The molecule has 0 saturated heterocycles. The molecule has 3 aromatic carbocycles. The quantitative estimate of drug-likeness (QED) is 0.479. The monoisotopic (exact) mass is 510 g/mol. The van der Waals surface area contributed by atoms with E-state index in [-0.39, 0.29) is 17.0 Å². The van der Waals surface area contributed by atoms with Gasteiger partial charge in [-0.2, -0.15) is 4.58 Å². The average Bonchev–Trinajstić information content (AvgIpc) is 3.13. The zero-order chi connectivity index (χ0) is 21.7. The van der Waals surface area contributed by atoms with Crippen LogP contribution in [-0.4, -0.2) is 27.1 Å². The summed E-state index contributed by atoms with van der Waals surface area (Å²) in [5.74, 6) is 1.41. The molecule has 0 aliphatic carbocycles. The first-order valence-corrected chi connectivity index (χ1v) is 11.4. The Morgan fingerprint density at radius 3 is 2.28 bits per heavy atom. The van der Waals surface area contributed by atoms with Crippen LogP contribution in [0.1, 0.15) is 19.4 Å². The van der Waals surface area contributed by atoms with Crippen molar-refractivity contribution >= 4 is 28.2 Å². The number of anilines is 1. The minimum atomic E-state index is -1.11. The van der Waals surface area contributed by atoms with Gasteiger partial charge in [-0.15, -0.1) is 0 Å². The summed E-state index contributed by atoms with van der Waals surface area (Å²) in [6.45, 7) is 4.67. The summed E-state index contributed by atoms with van der Waals surface area (Å²) in [6.07, 6.45) is 2.09. The molecule has 0 saturated carbocycles. The second kappa shape index (κ2) is 10.9. The van der Waals surface area contributed by atoms with Crippen molar-refractivity contribution in [3.63, 3.8) is 0 Å². The molecule has 1 unspecified atom stereocenters. The van der Waals surface area contributed by atoms with Gasteiger partial charge in [0.05, 0.1) is 12.2 Å². The van der Waals surface area contributed by atoms with E-state index in [2.05, 4.69) is 11.4 Å². The number of aliphatic hydroxyl groups is 1. The largest absolute Gasteiger partial charge is 1.00 e. The SMILES string of the molecule is CCOc1ccc(N/C(C)=C/C2=[N+](c3ccccc3)C(O)(c3ccccc3)CS2)cc1.[Br-]. The molecule has 3 aromatic rings. The molecular weight excluding hydrogens is 484 g/mol. The maximum Gasteiger partial charge on any atom is 0.307 e. The number of hydrogen-bond donors (Lipinski definition) is 2. The van der Waals surface area contributed by atoms with E-state index in [9.17, 15) is 5.11 Å². The third-order valence-corrected chi connectivity index (χ3v) is 6.25. The van der Waals surface area contributed by atoms with Gasteiger partial charge in [0.15, 0.2) is 0 Å². The minimum absolute atomic E-state index is 0. The fourth-order valence-corrected chi connectivity index (χ4v) is 4.97. The fourth-order valence-electron chi connectivity index (χ4n) is 3.68. The number of nitrogens with one attached hydrogen (secondary N) is 1. The molecule has 0 aromatic heterocycles. The van der Waals surface area contributed by atoms with Gasteiger partial charge in [-0.1, -0.05) is 36.4 Å². The van der Waals surface area contributed by atoms with Gasteiger partial charge in [0.2, 0.25) is 10.7 Å². The number of allylic oxidation sites excluding steroid dienone is 1. The van der Waals surface area contributed by atoms with Crippen LogP contribution in [0.25, 0.3) is 0 Å². The van der Waals surface area contributed by atoms with E-state index in [1.807, 2.05) is 103 Å². The van der Waals surface area contributed by atoms with Crippen molar-refractivity contribution in [2.75, 3.05) is 17.7 Å². The molecule has 0 amide bonds. The molecule has 1 atom stereocenters. The zero-order valence-corrected chi connectivity index (χ0v) is 20.6. The van der Waals surface area contributed by atoms with Crippen molar-refractivity contribution in [3.05, 3.63) is 102 Å². The highest BCUT2D eigenvalue weighted by Crippen LogP contribution is 2.39. The molecule has 166 valence electrons. The normalized spacial score (nSPS) is 18.3. The number of rotatable bonds is 7. The summed E-state index contributed by atoms with van der Waals surface area (Å²) in [6, 6.07) is 27.8. The van der Waals surface area contributed by atoms with E-state index in [0.29, 0.717) is 12.4 Å². The number of halogens is 1. The Kier molecular flexibility index (Phi) is 8.18. The van der Waals surface area contributed by atoms with Gasteiger partial charge in [0.1, 0.15) is 11.5 Å². The van der Waals surface area contributed by atoms with Crippen LogP contribution in [-0.2, 0) is 5.72 Å². The van der Waals surface area contributed by atoms with E-state index in [1.165, 1.54) is 0 Å². The molecule has 0 radical (unpaired) electrons. The Balaban J connectivity index is 0.00000289. The Bertz CT molecular complexity index is 1090. The maximum atomic E-state index is 11.8. The molecule has 1 heterocycles. The third kappa shape index (κ3) is 5.26. The fraction of sp³-hybridized carbons (Fsp3) is 0.192. The number of para-hydroxylation sites is 1. The van der Waals surface area contributed by atoms with Crippen LogP contribution in [0.15, 0.2) is 96.7 Å². The topological polar surface area (TPSA) is 44.5 Å². The molecule has 0 fully saturated rings. The molecule has 6 heteroatoms. The first-order valence-electron chi connectivity index (χ1n) is 10.4. The summed E-state index contributed by atoms with van der Waals surface area (Å²) in [7, 11) is 0. The van der Waals surface area contributed by atoms with Crippen LogP contribution >= 0.6 is 11.8 Å². The van der Waals surface area contributed by atoms with Gasteiger partial charge >= 0.3 is 5.72 Å². The van der Waals surface area contributed by atoms with Crippen LogP contribution in [0.2, 0.25) is 0 Å². The summed E-state index contributed by atoms with van der Waals surface area (Å²) >= 11 is 1.65. The second-order valence-electron chi connectivity index (χ2n) is 7.39. The number of hydrogen-bond acceptors (Lipinski definition) is 4. The lowest BCUT2D eigenvalue weighted by molar-refractivity contribution is -0.592. The lowest BCUT2D eigenvalue weighted by atomic mass is 10.0. The van der Waals surface area contributed by atoms with Gasteiger partial charge in [-0.25, -0.2) is 0 Å². The molecule has 2 N–H and O–H groups in total. The van der Waals surface area contributed by atoms with Crippen molar-refractivity contribution in [1.82, 2.24) is 0 Å². The van der Waals surface area contributed by atoms with Gasteiger partial charge in [0, 0.05) is 29.6 Å². The van der Waals surface area contributed by atoms with Crippen LogP contribution < -0.4 is 27.0 Å². The van der Waals surface area contributed by atoms with Crippen LogP contribution in [0.4, 0.5) is 11.4 Å². The van der Waals surface area contributed by atoms with Gasteiger partial charge in [-0.05, 0) is 62.0 Å². The predicted octanol–water partition coefficient (Wildman–Crippen LogP) is 2.74. The smallest absolute Gasteiger partial charge is 0.307 e. The highest BCUT2D eigenvalue weighted by Gasteiger charge is 2.50. The molecule has 4 rings (SSSR count). The van der Waals surface area contributed by atoms with E-state index in [0.717, 1.165) is 33.4 Å². The first kappa shape index (κ1) is 24.1. The van der Waals surface area contributed by atoms with Crippen molar-refractivity contribution in [2.45, 2.75) is 19.6 Å². The maximum absolute atomic E-state index is 11.8. The summed E-state index contributed by atoms with van der Waals surface area (Å²) in [4.78, 5) is 0. The Morgan fingerprint density at radius 2 is 1.66 bits per heavy atom. The van der Waals surface area contributed by atoms with Gasteiger partial charge in [-0.3, -0.25) is 0 Å². The summed E-state index contributed by atoms with van der Waals surface area (Å²) in [5, 5.41) is 16.2. The predicted molar refractivity (Wildman–Crippen MR) is 129 cm³/mol. The minimum Gasteiger partial charge on any atom is -1.00 e. The third-order valence-electron chi connectivity index (χ3n) is 5.11. The standard InChI is InChI=1S/C26H26N2O2S.BrH/c1-3-30-24-16-14-22(15-17-24)27-20(2)18-25-28(23-12-8-5-9-13-23)26(29,19-31-25)21-10-6-4-7-11-21;/h4-18,29H,3,19H2,1-2H3;1H. The number of benzene rings is 3. The summed E-state index contributed by atoms with van der Waals surface area (Å²) < 4.78 is 7.54. The Labute approximate surface area is 204 Å². The van der Waals surface area contributed by atoms with E-state index in [1.54, 1.807) is 11.8 Å². The van der Waals surface area contributed by atoms with E-state index >= 15 is 0 Å².